The molecule has 2 aromatic rings. The van der Waals surface area contributed by atoms with Gasteiger partial charge in [0.05, 0.1) is 5.69 Å². The highest BCUT2D eigenvalue weighted by atomic mass is 19.3. The Kier molecular flexibility index (Phi) is 9.56. The minimum Gasteiger partial charge on any atom is -0.344 e. The van der Waals surface area contributed by atoms with Crippen molar-refractivity contribution in [2.45, 2.75) is 82.3 Å². The maximum absolute atomic E-state index is 15.7. The van der Waals surface area contributed by atoms with Crippen molar-refractivity contribution in [1.82, 2.24) is 30.2 Å². The second kappa shape index (κ2) is 13.5. The third kappa shape index (κ3) is 7.37. The van der Waals surface area contributed by atoms with Crippen molar-refractivity contribution in [2.75, 3.05) is 38.5 Å². The number of nitrogens with zero attached hydrogens (tertiary/aromatic N) is 4. The zero-order valence-electron chi connectivity index (χ0n) is 27.6. The molecule has 4 atom stereocenters. The summed E-state index contributed by atoms with van der Waals surface area (Å²) in [5.41, 5.74) is 0.321. The van der Waals surface area contributed by atoms with Crippen molar-refractivity contribution >= 4 is 29.3 Å². The van der Waals surface area contributed by atoms with E-state index in [1.54, 1.807) is 24.8 Å². The lowest BCUT2D eigenvalue weighted by Gasteiger charge is -2.36. The highest BCUT2D eigenvalue weighted by Gasteiger charge is 2.60. The molecule has 0 spiro atoms. The standard InChI is InChI=1S/C34H44F3N7O4/c1-4-27(45)40-29(33(48)43-15-13-42(3)14-16-43)19(2)22-9-10-24(23(35)17-22)39-32(47)30(28(20-5-6-20)21-7-8-21)41-31(46)25-11-12-38-44(25)26-18-34(26,36)37/h9-12,17,19-21,26,28-30H,4-8,13-16,18H2,1-3H3,(H,39,47)(H,40,45)(H,41,46)/t19-,26?,29?,30?/m0/s1. The molecule has 0 bridgehead atoms. The Morgan fingerprint density at radius 1 is 0.979 bits per heavy atom. The van der Waals surface area contributed by atoms with Crippen LogP contribution < -0.4 is 16.0 Å². The molecule has 0 radical (unpaired) electrons. The highest BCUT2D eigenvalue weighted by Crippen LogP contribution is 2.53. The van der Waals surface area contributed by atoms with Gasteiger partial charge in [-0.2, -0.15) is 5.10 Å². The van der Waals surface area contributed by atoms with E-state index < -0.39 is 54.0 Å². The van der Waals surface area contributed by atoms with Crippen molar-refractivity contribution in [3.8, 4) is 0 Å². The molecule has 4 fully saturated rings. The number of amides is 4. The maximum atomic E-state index is 15.7. The van der Waals surface area contributed by atoms with Crippen LogP contribution in [0.25, 0.3) is 0 Å². The summed E-state index contributed by atoms with van der Waals surface area (Å²) in [5, 5.41) is 12.2. The topological polar surface area (TPSA) is 129 Å². The Balaban J connectivity index is 1.19. The van der Waals surface area contributed by atoms with Crippen LogP contribution in [0.1, 0.15) is 80.4 Å². The summed E-state index contributed by atoms with van der Waals surface area (Å²) in [7, 11) is 1.98. The minimum atomic E-state index is -2.94. The number of carbonyl (C=O) groups is 4. The number of benzene rings is 1. The van der Waals surface area contributed by atoms with Crippen LogP contribution in [0.2, 0.25) is 0 Å². The number of halogens is 3. The molecule has 11 nitrogen and oxygen atoms in total. The largest absolute Gasteiger partial charge is 0.344 e. The van der Waals surface area contributed by atoms with Crippen LogP contribution in [0.4, 0.5) is 18.9 Å². The number of hydrogen-bond acceptors (Lipinski definition) is 6. The van der Waals surface area contributed by atoms with E-state index in [4.69, 9.17) is 0 Å². The molecule has 48 heavy (non-hydrogen) atoms. The number of aromatic nitrogens is 2. The van der Waals surface area contributed by atoms with Gasteiger partial charge in [-0.3, -0.25) is 23.9 Å². The second-order valence-electron chi connectivity index (χ2n) is 13.9. The summed E-state index contributed by atoms with van der Waals surface area (Å²) in [5.74, 6) is -5.75. The van der Waals surface area contributed by atoms with Gasteiger partial charge in [0, 0.05) is 51.1 Å². The fourth-order valence-corrected chi connectivity index (χ4v) is 6.87. The molecule has 1 aromatic heterocycles. The van der Waals surface area contributed by atoms with Gasteiger partial charge in [-0.25, -0.2) is 13.2 Å². The first-order chi connectivity index (χ1) is 22.9. The van der Waals surface area contributed by atoms with E-state index in [2.05, 4.69) is 25.9 Å². The van der Waals surface area contributed by atoms with E-state index in [9.17, 15) is 28.0 Å². The van der Waals surface area contributed by atoms with E-state index >= 15 is 4.39 Å². The first-order valence-corrected chi connectivity index (χ1v) is 17.0. The van der Waals surface area contributed by atoms with Crippen LogP contribution in [-0.2, 0) is 14.4 Å². The Bertz CT molecular complexity index is 1540. The van der Waals surface area contributed by atoms with Gasteiger partial charge in [-0.15, -0.1) is 0 Å². The fourth-order valence-electron chi connectivity index (χ4n) is 6.87. The molecule has 3 aliphatic carbocycles. The predicted molar refractivity (Wildman–Crippen MR) is 171 cm³/mol. The Morgan fingerprint density at radius 2 is 1.62 bits per heavy atom. The summed E-state index contributed by atoms with van der Waals surface area (Å²) in [6.45, 7) is 5.92. The average Bonchev–Trinajstić information content (AvgIpc) is 4.02. The van der Waals surface area contributed by atoms with Gasteiger partial charge < -0.3 is 25.8 Å². The van der Waals surface area contributed by atoms with E-state index in [1.807, 2.05) is 7.05 Å². The minimum absolute atomic E-state index is 0.0549. The van der Waals surface area contributed by atoms with Gasteiger partial charge >= 0.3 is 0 Å². The quantitative estimate of drug-likeness (QED) is 0.299. The van der Waals surface area contributed by atoms with Crippen LogP contribution in [0.15, 0.2) is 30.5 Å². The lowest BCUT2D eigenvalue weighted by molar-refractivity contribution is -0.138. The van der Waals surface area contributed by atoms with E-state index in [1.165, 1.54) is 24.4 Å². The molecule has 4 aliphatic rings. The molecular formula is C34H44F3N7O4. The summed E-state index contributed by atoms with van der Waals surface area (Å²) in [6.07, 6.45) is 4.72. The zero-order valence-corrected chi connectivity index (χ0v) is 27.6. The molecule has 1 aromatic carbocycles. The summed E-state index contributed by atoms with van der Waals surface area (Å²) < 4.78 is 44.4. The number of hydrogen-bond donors (Lipinski definition) is 3. The van der Waals surface area contributed by atoms with Crippen molar-refractivity contribution in [3.05, 3.63) is 47.5 Å². The third-order valence-electron chi connectivity index (χ3n) is 10.3. The molecule has 2 heterocycles. The van der Waals surface area contributed by atoms with Gasteiger partial charge in [0.1, 0.15) is 29.6 Å². The number of anilines is 1. The van der Waals surface area contributed by atoms with Crippen molar-refractivity contribution in [2.24, 2.45) is 17.8 Å². The summed E-state index contributed by atoms with van der Waals surface area (Å²) in [6, 6.07) is 2.54. The average molecular weight is 672 g/mol. The first kappa shape index (κ1) is 33.9. The van der Waals surface area contributed by atoms with Gasteiger partial charge in [-0.1, -0.05) is 19.9 Å². The lowest BCUT2D eigenvalue weighted by atomic mass is 9.88. The lowest BCUT2D eigenvalue weighted by Crippen LogP contribution is -2.55. The fraction of sp³-hybridized carbons (Fsp3) is 0.618. The molecule has 1 saturated heterocycles. The predicted octanol–water partition coefficient (Wildman–Crippen LogP) is 3.55. The molecule has 3 saturated carbocycles. The normalized spacial score (nSPS) is 22.5. The van der Waals surface area contributed by atoms with Gasteiger partial charge in [-0.05, 0) is 74.2 Å². The van der Waals surface area contributed by atoms with E-state index in [-0.39, 0.29) is 47.4 Å². The molecule has 1 aliphatic heterocycles. The molecule has 3 N–H and O–H groups in total. The smallest absolute Gasteiger partial charge is 0.272 e. The number of carbonyl (C=O) groups excluding carboxylic acids is 4. The van der Waals surface area contributed by atoms with Gasteiger partial charge in [0.25, 0.3) is 11.8 Å². The zero-order chi connectivity index (χ0) is 34.3. The monoisotopic (exact) mass is 671 g/mol. The van der Waals surface area contributed by atoms with E-state index in [0.29, 0.717) is 31.7 Å². The second-order valence-corrected chi connectivity index (χ2v) is 13.9. The van der Waals surface area contributed by atoms with E-state index in [0.717, 1.165) is 30.4 Å². The van der Waals surface area contributed by atoms with Crippen LogP contribution >= 0.6 is 0 Å². The van der Waals surface area contributed by atoms with Crippen molar-refractivity contribution in [1.29, 1.82) is 0 Å². The Morgan fingerprint density at radius 3 is 2.19 bits per heavy atom. The number of piperazine rings is 1. The van der Waals surface area contributed by atoms with Crippen molar-refractivity contribution in [3.63, 3.8) is 0 Å². The highest BCUT2D eigenvalue weighted by molar-refractivity contribution is 6.01. The Labute approximate surface area is 278 Å². The van der Waals surface area contributed by atoms with Crippen LogP contribution in [0.3, 0.4) is 0 Å². The molecule has 4 amide bonds. The number of nitrogens with one attached hydrogen (secondary N) is 3. The van der Waals surface area contributed by atoms with Gasteiger partial charge in [0.15, 0.2) is 0 Å². The SMILES string of the molecule is CCC(=O)NC(C(=O)N1CCN(C)CC1)[C@@H](C)c1ccc(NC(=O)C(NC(=O)c2ccnn2C2CC2(F)F)C(C2CC2)C2CC2)c(F)c1. The number of alkyl halides is 2. The summed E-state index contributed by atoms with van der Waals surface area (Å²) in [4.78, 5) is 57.1. The number of likely N-dealkylation sites (N-methyl/N-ethyl adjacent to an activating group) is 1. The van der Waals surface area contributed by atoms with Crippen LogP contribution in [0.5, 0.6) is 0 Å². The Hall–Kier alpha value is -3.94. The van der Waals surface area contributed by atoms with Crippen LogP contribution in [-0.4, -0.2) is 94.4 Å². The molecule has 3 unspecified atom stereocenters. The van der Waals surface area contributed by atoms with Crippen molar-refractivity contribution < 1.29 is 32.3 Å². The summed E-state index contributed by atoms with van der Waals surface area (Å²) >= 11 is 0. The molecule has 6 rings (SSSR count). The van der Waals surface area contributed by atoms with Crippen LogP contribution in [0, 0.1) is 23.6 Å². The molecule has 14 heteroatoms. The maximum Gasteiger partial charge on any atom is 0.272 e. The molecular weight excluding hydrogens is 627 g/mol. The number of rotatable bonds is 13. The first-order valence-electron chi connectivity index (χ1n) is 17.0. The van der Waals surface area contributed by atoms with Gasteiger partial charge in [0.2, 0.25) is 17.7 Å². The third-order valence-corrected chi connectivity index (χ3v) is 10.3. The molecule has 260 valence electrons.